The Morgan fingerprint density at radius 1 is 0.962 bits per heavy atom. The van der Waals surface area contributed by atoms with Crippen molar-refractivity contribution in [1.82, 2.24) is 0 Å². The zero-order valence-corrected chi connectivity index (χ0v) is 15.3. The van der Waals surface area contributed by atoms with E-state index in [0.717, 1.165) is 5.56 Å². The second-order valence-electron chi connectivity index (χ2n) is 5.29. The SMILES string of the molecule is N#CC[C@H](O)c1ccc(Cl)cc1.NC(C[C@H](O)c1ccc(Cl)cc1)=NO. The van der Waals surface area contributed by atoms with E-state index in [0.29, 0.717) is 15.6 Å². The van der Waals surface area contributed by atoms with Crippen LogP contribution in [0.25, 0.3) is 0 Å². The summed E-state index contributed by atoms with van der Waals surface area (Å²) in [6.45, 7) is 0. The quantitative estimate of drug-likeness (QED) is 0.265. The average molecular weight is 396 g/mol. The molecule has 8 heteroatoms. The van der Waals surface area contributed by atoms with E-state index >= 15 is 0 Å². The molecule has 6 nitrogen and oxygen atoms in total. The number of halogens is 2. The Kier molecular flexibility index (Phi) is 9.48. The lowest BCUT2D eigenvalue weighted by Crippen LogP contribution is -2.15. The van der Waals surface area contributed by atoms with Crippen molar-refractivity contribution < 1.29 is 15.4 Å². The summed E-state index contributed by atoms with van der Waals surface area (Å²) >= 11 is 11.3. The number of nitriles is 1. The summed E-state index contributed by atoms with van der Waals surface area (Å²) < 4.78 is 0. The summed E-state index contributed by atoms with van der Waals surface area (Å²) in [5.74, 6) is -0.00699. The predicted molar refractivity (Wildman–Crippen MR) is 101 cm³/mol. The first-order chi connectivity index (χ1) is 12.4. The van der Waals surface area contributed by atoms with Gasteiger partial charge in [0.2, 0.25) is 0 Å². The zero-order valence-electron chi connectivity index (χ0n) is 13.8. The van der Waals surface area contributed by atoms with Gasteiger partial charge in [-0.3, -0.25) is 0 Å². The molecule has 0 saturated heterocycles. The molecule has 0 spiro atoms. The Morgan fingerprint density at radius 3 is 1.77 bits per heavy atom. The maximum Gasteiger partial charge on any atom is 0.142 e. The molecule has 2 rings (SSSR count). The first-order valence-electron chi connectivity index (χ1n) is 7.57. The standard InChI is InChI=1S/C9H11ClN2O2.C9H8ClNO/c10-7-3-1-6(2-4-7)8(13)5-9(11)12-14;10-8-3-1-7(2-4-8)9(12)5-6-11/h1-4,8,13-14H,5H2,(H2,11,12);1-4,9,12H,5H2/t8-;9-/m00/s1. The highest BCUT2D eigenvalue weighted by Crippen LogP contribution is 2.19. The number of nitrogens with zero attached hydrogens (tertiary/aromatic N) is 2. The summed E-state index contributed by atoms with van der Waals surface area (Å²) in [6, 6.07) is 15.4. The van der Waals surface area contributed by atoms with E-state index in [1.54, 1.807) is 48.5 Å². The molecule has 0 bridgehead atoms. The van der Waals surface area contributed by atoms with E-state index in [2.05, 4.69) is 5.16 Å². The molecule has 0 radical (unpaired) electrons. The molecule has 0 unspecified atom stereocenters. The van der Waals surface area contributed by atoms with Crippen molar-refractivity contribution >= 4 is 29.0 Å². The Balaban J connectivity index is 0.000000263. The highest BCUT2D eigenvalue weighted by atomic mass is 35.5. The maximum absolute atomic E-state index is 9.60. The molecule has 5 N–H and O–H groups in total. The van der Waals surface area contributed by atoms with Crippen molar-refractivity contribution in [3.8, 4) is 6.07 Å². The van der Waals surface area contributed by atoms with Gasteiger partial charge in [-0.05, 0) is 35.4 Å². The van der Waals surface area contributed by atoms with Gasteiger partial charge in [0.05, 0.1) is 24.7 Å². The second kappa shape index (κ2) is 11.3. The van der Waals surface area contributed by atoms with E-state index in [4.69, 9.17) is 39.4 Å². The van der Waals surface area contributed by atoms with Gasteiger partial charge in [-0.15, -0.1) is 0 Å². The third-order valence-electron chi connectivity index (χ3n) is 3.33. The van der Waals surface area contributed by atoms with Crippen LogP contribution >= 0.6 is 23.2 Å². The number of rotatable bonds is 5. The summed E-state index contributed by atoms with van der Waals surface area (Å²) in [5, 5.41) is 39.6. The van der Waals surface area contributed by atoms with Gasteiger partial charge < -0.3 is 21.2 Å². The third kappa shape index (κ3) is 7.72. The van der Waals surface area contributed by atoms with Crippen LogP contribution in [0.4, 0.5) is 0 Å². The molecule has 0 aliphatic heterocycles. The maximum atomic E-state index is 9.60. The first-order valence-corrected chi connectivity index (χ1v) is 8.33. The lowest BCUT2D eigenvalue weighted by atomic mass is 10.1. The minimum atomic E-state index is -0.775. The van der Waals surface area contributed by atoms with E-state index in [1.165, 1.54) is 0 Å². The molecule has 0 aromatic heterocycles. The van der Waals surface area contributed by atoms with Crippen LogP contribution in [0, 0.1) is 11.3 Å². The van der Waals surface area contributed by atoms with Crippen LogP contribution in [0.15, 0.2) is 53.7 Å². The van der Waals surface area contributed by atoms with Crippen molar-refractivity contribution in [3.05, 3.63) is 69.7 Å². The predicted octanol–water partition coefficient (Wildman–Crippen LogP) is 3.80. The fourth-order valence-corrected chi connectivity index (χ4v) is 2.18. The van der Waals surface area contributed by atoms with Crippen LogP contribution in [0.3, 0.4) is 0 Å². The number of hydrogen-bond donors (Lipinski definition) is 4. The normalized spacial score (nSPS) is 13.1. The Bertz CT molecular complexity index is 744. The van der Waals surface area contributed by atoms with Crippen LogP contribution in [0.2, 0.25) is 10.0 Å². The third-order valence-corrected chi connectivity index (χ3v) is 3.83. The molecule has 2 aromatic carbocycles. The van der Waals surface area contributed by atoms with Gasteiger partial charge in [-0.1, -0.05) is 52.6 Å². The molecule has 2 atom stereocenters. The number of hydrogen-bond acceptors (Lipinski definition) is 5. The number of amidine groups is 1. The molecular formula is C18H19Cl2N3O3. The monoisotopic (exact) mass is 395 g/mol. The Morgan fingerprint density at radius 2 is 1.38 bits per heavy atom. The Hall–Kier alpha value is -2.30. The Labute approximate surface area is 161 Å². The van der Waals surface area contributed by atoms with Crippen molar-refractivity contribution in [2.75, 3.05) is 0 Å². The highest BCUT2D eigenvalue weighted by molar-refractivity contribution is 6.30. The minimum Gasteiger partial charge on any atom is -0.409 e. The number of oxime groups is 1. The van der Waals surface area contributed by atoms with Crippen LogP contribution in [-0.4, -0.2) is 21.3 Å². The van der Waals surface area contributed by atoms with Crippen LogP contribution in [-0.2, 0) is 0 Å². The molecule has 0 fully saturated rings. The summed E-state index contributed by atoms with van der Waals surface area (Å²) in [6.07, 6.45) is -1.27. The van der Waals surface area contributed by atoms with Crippen molar-refractivity contribution in [1.29, 1.82) is 5.26 Å². The molecule has 0 saturated carbocycles. The molecule has 0 aliphatic carbocycles. The highest BCUT2D eigenvalue weighted by Gasteiger charge is 2.09. The molecule has 26 heavy (non-hydrogen) atoms. The van der Waals surface area contributed by atoms with Crippen molar-refractivity contribution in [2.45, 2.75) is 25.0 Å². The van der Waals surface area contributed by atoms with Crippen LogP contribution < -0.4 is 5.73 Å². The molecule has 2 aromatic rings. The topological polar surface area (TPSA) is 123 Å². The fourth-order valence-electron chi connectivity index (χ4n) is 1.93. The van der Waals surface area contributed by atoms with Gasteiger partial charge >= 0.3 is 0 Å². The second-order valence-corrected chi connectivity index (χ2v) is 6.17. The van der Waals surface area contributed by atoms with Gasteiger partial charge in [0.25, 0.3) is 0 Å². The van der Waals surface area contributed by atoms with Gasteiger partial charge in [0.15, 0.2) is 0 Å². The average Bonchev–Trinajstić information content (AvgIpc) is 2.63. The first kappa shape index (κ1) is 21.7. The lowest BCUT2D eigenvalue weighted by Gasteiger charge is -2.09. The minimum absolute atomic E-state index is 0.00699. The fraction of sp³-hybridized carbons (Fsp3) is 0.222. The number of aliphatic hydroxyl groups excluding tert-OH is 2. The zero-order chi connectivity index (χ0) is 19.5. The van der Waals surface area contributed by atoms with Gasteiger partial charge in [0.1, 0.15) is 5.84 Å². The van der Waals surface area contributed by atoms with Gasteiger partial charge in [-0.25, -0.2) is 0 Å². The van der Waals surface area contributed by atoms with E-state index in [9.17, 15) is 10.2 Å². The number of aliphatic hydroxyl groups is 2. The van der Waals surface area contributed by atoms with Crippen LogP contribution in [0.1, 0.15) is 36.2 Å². The van der Waals surface area contributed by atoms with Gasteiger partial charge in [-0.2, -0.15) is 5.26 Å². The molecule has 0 aliphatic rings. The molecular weight excluding hydrogens is 377 g/mol. The summed E-state index contributed by atoms with van der Waals surface area (Å²) in [5.41, 5.74) is 6.66. The van der Waals surface area contributed by atoms with Crippen molar-refractivity contribution in [2.24, 2.45) is 10.9 Å². The lowest BCUT2D eigenvalue weighted by molar-refractivity contribution is 0.183. The van der Waals surface area contributed by atoms with E-state index in [-0.39, 0.29) is 18.7 Å². The van der Waals surface area contributed by atoms with Crippen molar-refractivity contribution in [3.63, 3.8) is 0 Å². The summed E-state index contributed by atoms with van der Waals surface area (Å²) in [4.78, 5) is 0. The number of nitrogens with two attached hydrogens (primary N) is 1. The molecule has 138 valence electrons. The van der Waals surface area contributed by atoms with Crippen LogP contribution in [0.5, 0.6) is 0 Å². The van der Waals surface area contributed by atoms with E-state index < -0.39 is 12.2 Å². The number of benzene rings is 2. The largest absolute Gasteiger partial charge is 0.409 e. The van der Waals surface area contributed by atoms with E-state index in [1.807, 2.05) is 6.07 Å². The summed E-state index contributed by atoms with van der Waals surface area (Å²) in [7, 11) is 0. The molecule has 0 heterocycles. The smallest absolute Gasteiger partial charge is 0.142 e. The van der Waals surface area contributed by atoms with Gasteiger partial charge in [0, 0.05) is 16.5 Å². The molecule has 0 amide bonds.